The molecular formula is C12H11F2N3O. The maximum atomic E-state index is 13.4. The van der Waals surface area contributed by atoms with Gasteiger partial charge in [-0.05, 0) is 19.1 Å². The van der Waals surface area contributed by atoms with Crippen molar-refractivity contribution in [1.82, 2.24) is 9.78 Å². The molecule has 0 unspecified atom stereocenters. The number of carbonyl (C=O) groups excluding carboxylic acids is 1. The van der Waals surface area contributed by atoms with Crippen LogP contribution in [0.1, 0.15) is 16.1 Å². The van der Waals surface area contributed by atoms with E-state index >= 15 is 0 Å². The van der Waals surface area contributed by atoms with Crippen molar-refractivity contribution in [2.24, 2.45) is 7.05 Å². The summed E-state index contributed by atoms with van der Waals surface area (Å²) in [6, 6.07) is 2.95. The number of nitrogens with one attached hydrogen (secondary N) is 1. The smallest absolute Gasteiger partial charge is 0.276 e. The molecule has 2 rings (SSSR count). The number of rotatable bonds is 2. The van der Waals surface area contributed by atoms with Crippen molar-refractivity contribution >= 4 is 11.6 Å². The predicted molar refractivity (Wildman–Crippen MR) is 62.3 cm³/mol. The second-order valence-electron chi connectivity index (χ2n) is 3.91. The van der Waals surface area contributed by atoms with Crippen molar-refractivity contribution in [3.63, 3.8) is 0 Å². The Morgan fingerprint density at radius 1 is 1.39 bits per heavy atom. The number of anilines is 1. The molecule has 0 aliphatic carbocycles. The molecule has 0 aliphatic heterocycles. The third-order valence-corrected chi connectivity index (χ3v) is 2.41. The van der Waals surface area contributed by atoms with E-state index in [-0.39, 0.29) is 11.4 Å². The van der Waals surface area contributed by atoms with Gasteiger partial charge in [-0.25, -0.2) is 8.78 Å². The molecule has 1 amide bonds. The van der Waals surface area contributed by atoms with Crippen LogP contribution in [0.5, 0.6) is 0 Å². The van der Waals surface area contributed by atoms with Gasteiger partial charge in [0.15, 0.2) is 5.69 Å². The minimum atomic E-state index is -0.822. The predicted octanol–water partition coefficient (Wildman–Crippen LogP) is 2.26. The molecule has 0 bridgehead atoms. The molecular weight excluding hydrogens is 240 g/mol. The van der Waals surface area contributed by atoms with E-state index in [0.29, 0.717) is 11.6 Å². The lowest BCUT2D eigenvalue weighted by Gasteiger charge is -2.05. The maximum Gasteiger partial charge on any atom is 0.276 e. The van der Waals surface area contributed by atoms with E-state index in [9.17, 15) is 13.6 Å². The Labute approximate surface area is 102 Å². The molecule has 0 saturated heterocycles. The highest BCUT2D eigenvalue weighted by Crippen LogP contribution is 2.16. The van der Waals surface area contributed by atoms with Crippen LogP contribution in [0.15, 0.2) is 24.4 Å². The summed E-state index contributed by atoms with van der Waals surface area (Å²) in [6.07, 6.45) is 1.68. The maximum absolute atomic E-state index is 13.4. The molecule has 0 spiro atoms. The highest BCUT2D eigenvalue weighted by Gasteiger charge is 2.15. The SMILES string of the molecule is Cc1cn(C)nc1C(=O)Nc1ccc(F)cc1F. The first-order chi connectivity index (χ1) is 8.47. The van der Waals surface area contributed by atoms with Crippen LogP contribution >= 0.6 is 0 Å². The van der Waals surface area contributed by atoms with E-state index in [0.717, 1.165) is 6.07 Å². The minimum absolute atomic E-state index is 0.0774. The van der Waals surface area contributed by atoms with E-state index in [1.807, 2.05) is 0 Å². The zero-order valence-corrected chi connectivity index (χ0v) is 9.87. The second kappa shape index (κ2) is 4.56. The van der Waals surface area contributed by atoms with Gasteiger partial charge in [-0.1, -0.05) is 0 Å². The van der Waals surface area contributed by atoms with E-state index in [4.69, 9.17) is 0 Å². The van der Waals surface area contributed by atoms with E-state index in [1.165, 1.54) is 10.7 Å². The van der Waals surface area contributed by atoms with Gasteiger partial charge in [0.25, 0.3) is 5.91 Å². The molecule has 18 heavy (non-hydrogen) atoms. The molecule has 0 atom stereocenters. The van der Waals surface area contributed by atoms with Gasteiger partial charge < -0.3 is 5.32 Å². The highest BCUT2D eigenvalue weighted by atomic mass is 19.1. The van der Waals surface area contributed by atoms with Crippen LogP contribution in [0.4, 0.5) is 14.5 Å². The Balaban J connectivity index is 2.24. The van der Waals surface area contributed by atoms with Crippen molar-refractivity contribution in [2.75, 3.05) is 5.32 Å². The highest BCUT2D eigenvalue weighted by molar-refractivity contribution is 6.03. The molecule has 0 fully saturated rings. The first kappa shape index (κ1) is 12.2. The molecule has 1 heterocycles. The Morgan fingerprint density at radius 3 is 2.67 bits per heavy atom. The summed E-state index contributed by atoms with van der Waals surface area (Å²) in [4.78, 5) is 11.8. The molecule has 0 aliphatic rings. The van der Waals surface area contributed by atoms with Gasteiger partial charge in [-0.3, -0.25) is 9.48 Å². The van der Waals surface area contributed by atoms with Gasteiger partial charge in [-0.15, -0.1) is 0 Å². The Bertz CT molecular complexity index is 607. The van der Waals surface area contributed by atoms with Gasteiger partial charge >= 0.3 is 0 Å². The number of hydrogen-bond acceptors (Lipinski definition) is 2. The van der Waals surface area contributed by atoms with E-state index < -0.39 is 17.5 Å². The molecule has 94 valence electrons. The Hall–Kier alpha value is -2.24. The zero-order chi connectivity index (χ0) is 13.3. The molecule has 6 heteroatoms. The number of amides is 1. The van der Waals surface area contributed by atoms with Crippen molar-refractivity contribution in [1.29, 1.82) is 0 Å². The number of halogens is 2. The first-order valence-electron chi connectivity index (χ1n) is 5.24. The Kier molecular flexibility index (Phi) is 3.10. The Morgan fingerprint density at radius 2 is 2.11 bits per heavy atom. The third-order valence-electron chi connectivity index (χ3n) is 2.41. The number of benzene rings is 1. The number of hydrogen-bond donors (Lipinski definition) is 1. The fourth-order valence-corrected chi connectivity index (χ4v) is 1.60. The summed E-state index contributed by atoms with van der Waals surface area (Å²) in [5.41, 5.74) is 0.810. The fourth-order valence-electron chi connectivity index (χ4n) is 1.60. The number of nitrogens with zero attached hydrogens (tertiary/aromatic N) is 2. The van der Waals surface area contributed by atoms with Gasteiger partial charge in [0.05, 0.1) is 5.69 Å². The van der Waals surface area contributed by atoms with Crippen LogP contribution in [0.25, 0.3) is 0 Å². The standard InChI is InChI=1S/C12H11F2N3O/c1-7-6-17(2)16-11(7)12(18)15-10-4-3-8(13)5-9(10)14/h3-6H,1-2H3,(H,15,18). The average Bonchev–Trinajstić information content (AvgIpc) is 2.62. The van der Waals surface area contributed by atoms with Crippen LogP contribution in [0.3, 0.4) is 0 Å². The summed E-state index contributed by atoms with van der Waals surface area (Å²) in [5, 5.41) is 6.31. The number of aromatic nitrogens is 2. The van der Waals surface area contributed by atoms with E-state index in [2.05, 4.69) is 10.4 Å². The van der Waals surface area contributed by atoms with Crippen molar-refractivity contribution < 1.29 is 13.6 Å². The first-order valence-corrected chi connectivity index (χ1v) is 5.24. The molecule has 4 nitrogen and oxygen atoms in total. The van der Waals surface area contributed by atoms with Gasteiger partial charge in [0.2, 0.25) is 0 Å². The van der Waals surface area contributed by atoms with E-state index in [1.54, 1.807) is 20.2 Å². The normalized spacial score (nSPS) is 10.4. The van der Waals surface area contributed by atoms with Crippen molar-refractivity contribution in [3.05, 3.63) is 47.3 Å². The van der Waals surface area contributed by atoms with Crippen LogP contribution in [0, 0.1) is 18.6 Å². The molecule has 1 aromatic carbocycles. The molecule has 1 N–H and O–H groups in total. The summed E-state index contributed by atoms with van der Waals surface area (Å²) >= 11 is 0. The zero-order valence-electron chi connectivity index (χ0n) is 9.87. The molecule has 1 aromatic heterocycles. The lowest BCUT2D eigenvalue weighted by Crippen LogP contribution is -2.15. The molecule has 0 radical (unpaired) electrons. The van der Waals surface area contributed by atoms with Gasteiger partial charge in [0, 0.05) is 24.9 Å². The fraction of sp³-hybridized carbons (Fsp3) is 0.167. The number of carbonyl (C=O) groups is 1. The summed E-state index contributed by atoms with van der Waals surface area (Å²) in [5.74, 6) is -2.05. The lowest BCUT2D eigenvalue weighted by atomic mass is 10.2. The monoisotopic (exact) mass is 251 g/mol. The summed E-state index contributed by atoms with van der Waals surface area (Å²) < 4.78 is 27.6. The molecule has 0 saturated carbocycles. The average molecular weight is 251 g/mol. The lowest BCUT2D eigenvalue weighted by molar-refractivity contribution is 0.102. The van der Waals surface area contributed by atoms with Gasteiger partial charge in [-0.2, -0.15) is 5.10 Å². The third kappa shape index (κ3) is 2.37. The van der Waals surface area contributed by atoms with Crippen molar-refractivity contribution in [2.45, 2.75) is 6.92 Å². The topological polar surface area (TPSA) is 46.9 Å². The van der Waals surface area contributed by atoms with Crippen molar-refractivity contribution in [3.8, 4) is 0 Å². The summed E-state index contributed by atoms with van der Waals surface area (Å²) in [7, 11) is 1.68. The second-order valence-corrected chi connectivity index (χ2v) is 3.91. The number of aryl methyl sites for hydroxylation is 2. The van der Waals surface area contributed by atoms with Gasteiger partial charge in [0.1, 0.15) is 11.6 Å². The van der Waals surface area contributed by atoms with Crippen LogP contribution in [-0.4, -0.2) is 15.7 Å². The molecule has 2 aromatic rings. The van der Waals surface area contributed by atoms with Crippen LogP contribution < -0.4 is 5.32 Å². The van der Waals surface area contributed by atoms with Crippen LogP contribution in [-0.2, 0) is 7.05 Å². The minimum Gasteiger partial charge on any atom is -0.318 e. The largest absolute Gasteiger partial charge is 0.318 e. The summed E-state index contributed by atoms with van der Waals surface area (Å²) in [6.45, 7) is 1.73. The quantitative estimate of drug-likeness (QED) is 0.889. The van der Waals surface area contributed by atoms with Crippen LogP contribution in [0.2, 0.25) is 0 Å².